The molecule has 7 heteroatoms. The van der Waals surface area contributed by atoms with Crippen molar-refractivity contribution in [2.45, 2.75) is 26.0 Å². The molecule has 1 saturated heterocycles. The summed E-state index contributed by atoms with van der Waals surface area (Å²) in [5, 5.41) is 16.4. The molecule has 0 spiro atoms. The van der Waals surface area contributed by atoms with Gasteiger partial charge in [0.1, 0.15) is 0 Å². The van der Waals surface area contributed by atoms with Gasteiger partial charge in [-0.15, -0.1) is 5.10 Å². The van der Waals surface area contributed by atoms with Gasteiger partial charge in [-0.05, 0) is 6.54 Å². The number of morpholine rings is 1. The van der Waals surface area contributed by atoms with E-state index in [2.05, 4.69) is 22.1 Å². The van der Waals surface area contributed by atoms with Gasteiger partial charge in [0.05, 0.1) is 31.4 Å². The van der Waals surface area contributed by atoms with E-state index in [-0.39, 0.29) is 12.5 Å². The van der Waals surface area contributed by atoms with Crippen molar-refractivity contribution in [3.8, 4) is 0 Å². The first-order valence-electron chi connectivity index (χ1n) is 6.12. The highest BCUT2D eigenvalue weighted by molar-refractivity contribution is 5.69. The third kappa shape index (κ3) is 3.51. The highest BCUT2D eigenvalue weighted by atomic mass is 16.5. The van der Waals surface area contributed by atoms with Crippen molar-refractivity contribution in [3.05, 3.63) is 11.9 Å². The predicted octanol–water partition coefficient (Wildman–Crippen LogP) is -0.374. The fourth-order valence-electron chi connectivity index (χ4n) is 2.05. The quantitative estimate of drug-likeness (QED) is 0.772. The first-order valence-corrected chi connectivity index (χ1v) is 6.12. The standard InChI is InChI=1S/C11H18N4O3/c1-2-14-3-4-18-10(7-14)8-15-6-9(12-13-15)5-11(16)17/h6,10H,2-5,7-8H2,1H3,(H,16,17). The number of carbonyl (C=O) groups is 1. The average molecular weight is 254 g/mol. The molecule has 0 amide bonds. The molecule has 1 aromatic heterocycles. The Kier molecular flexibility index (Phi) is 4.27. The molecule has 0 radical (unpaired) electrons. The monoisotopic (exact) mass is 254 g/mol. The maximum Gasteiger partial charge on any atom is 0.309 e. The molecule has 18 heavy (non-hydrogen) atoms. The van der Waals surface area contributed by atoms with E-state index in [0.29, 0.717) is 12.2 Å². The Bertz CT molecular complexity index is 407. The van der Waals surface area contributed by atoms with E-state index < -0.39 is 5.97 Å². The fourth-order valence-corrected chi connectivity index (χ4v) is 2.05. The lowest BCUT2D eigenvalue weighted by Crippen LogP contribution is -2.44. The number of carboxylic acids is 1. The van der Waals surface area contributed by atoms with E-state index in [9.17, 15) is 4.79 Å². The minimum Gasteiger partial charge on any atom is -0.481 e. The van der Waals surface area contributed by atoms with Crippen LogP contribution >= 0.6 is 0 Å². The van der Waals surface area contributed by atoms with Gasteiger partial charge in [0, 0.05) is 19.3 Å². The summed E-state index contributed by atoms with van der Waals surface area (Å²) in [5.41, 5.74) is 0.477. The maximum atomic E-state index is 10.5. The van der Waals surface area contributed by atoms with Crippen LogP contribution in [0.5, 0.6) is 0 Å². The van der Waals surface area contributed by atoms with E-state index in [1.54, 1.807) is 10.9 Å². The Hall–Kier alpha value is -1.47. The van der Waals surface area contributed by atoms with Crippen LogP contribution < -0.4 is 0 Å². The van der Waals surface area contributed by atoms with Gasteiger partial charge in [0.15, 0.2) is 0 Å². The fraction of sp³-hybridized carbons (Fsp3) is 0.727. The van der Waals surface area contributed by atoms with E-state index in [1.807, 2.05) is 0 Å². The molecule has 1 atom stereocenters. The Morgan fingerprint density at radius 3 is 3.22 bits per heavy atom. The Morgan fingerprint density at radius 2 is 2.50 bits per heavy atom. The number of carboxylic acid groups (broad SMARTS) is 1. The van der Waals surface area contributed by atoms with E-state index >= 15 is 0 Å². The molecular weight excluding hydrogens is 236 g/mol. The maximum absolute atomic E-state index is 10.5. The van der Waals surface area contributed by atoms with Crippen LogP contribution in [0.4, 0.5) is 0 Å². The Labute approximate surface area is 105 Å². The summed E-state index contributed by atoms with van der Waals surface area (Å²) in [6.07, 6.45) is 1.67. The van der Waals surface area contributed by atoms with Gasteiger partial charge >= 0.3 is 5.97 Å². The van der Waals surface area contributed by atoms with E-state index in [4.69, 9.17) is 9.84 Å². The van der Waals surface area contributed by atoms with Crippen molar-refractivity contribution >= 4 is 5.97 Å². The number of nitrogens with zero attached hydrogens (tertiary/aromatic N) is 4. The highest BCUT2D eigenvalue weighted by Gasteiger charge is 2.20. The molecule has 0 saturated carbocycles. The summed E-state index contributed by atoms with van der Waals surface area (Å²) in [5.74, 6) is -0.895. The van der Waals surface area contributed by atoms with Crippen LogP contribution in [0.2, 0.25) is 0 Å². The zero-order chi connectivity index (χ0) is 13.0. The summed E-state index contributed by atoms with van der Waals surface area (Å²) >= 11 is 0. The smallest absolute Gasteiger partial charge is 0.309 e. The van der Waals surface area contributed by atoms with Crippen molar-refractivity contribution < 1.29 is 14.6 Å². The van der Waals surface area contributed by atoms with E-state index in [1.165, 1.54) is 0 Å². The number of ether oxygens (including phenoxy) is 1. The van der Waals surface area contributed by atoms with Crippen LogP contribution in [0, 0.1) is 0 Å². The molecule has 100 valence electrons. The van der Waals surface area contributed by atoms with Crippen LogP contribution in [0.3, 0.4) is 0 Å². The first kappa shape index (κ1) is 13.0. The lowest BCUT2D eigenvalue weighted by atomic mass is 10.2. The lowest BCUT2D eigenvalue weighted by Gasteiger charge is -2.31. The van der Waals surface area contributed by atoms with Gasteiger partial charge in [-0.25, -0.2) is 4.68 Å². The molecule has 1 fully saturated rings. The summed E-state index contributed by atoms with van der Waals surface area (Å²) in [6, 6.07) is 0. The third-order valence-electron chi connectivity index (χ3n) is 2.98. The van der Waals surface area contributed by atoms with Crippen LogP contribution in [-0.2, 0) is 22.5 Å². The molecule has 0 aliphatic carbocycles. The van der Waals surface area contributed by atoms with Gasteiger partial charge in [0.25, 0.3) is 0 Å². The van der Waals surface area contributed by atoms with Crippen molar-refractivity contribution in [2.24, 2.45) is 0 Å². The third-order valence-corrected chi connectivity index (χ3v) is 2.98. The predicted molar refractivity (Wildman–Crippen MR) is 63.2 cm³/mol. The molecule has 7 nitrogen and oxygen atoms in total. The molecule has 1 N–H and O–H groups in total. The van der Waals surface area contributed by atoms with Gasteiger partial charge < -0.3 is 9.84 Å². The zero-order valence-corrected chi connectivity index (χ0v) is 10.4. The van der Waals surface area contributed by atoms with Crippen LogP contribution in [0.1, 0.15) is 12.6 Å². The second-order valence-corrected chi connectivity index (χ2v) is 4.39. The first-order chi connectivity index (χ1) is 8.67. The normalized spacial score (nSPS) is 21.1. The second-order valence-electron chi connectivity index (χ2n) is 4.39. The number of hydrogen-bond donors (Lipinski definition) is 1. The summed E-state index contributed by atoms with van der Waals surface area (Å²) in [7, 11) is 0. The molecule has 1 aliphatic rings. The molecule has 2 rings (SSSR count). The summed E-state index contributed by atoms with van der Waals surface area (Å²) in [6.45, 7) is 6.34. The lowest BCUT2D eigenvalue weighted by molar-refractivity contribution is -0.136. The Balaban J connectivity index is 1.88. The summed E-state index contributed by atoms with van der Waals surface area (Å²) in [4.78, 5) is 12.9. The minimum absolute atomic E-state index is 0.0907. The van der Waals surface area contributed by atoms with Gasteiger partial charge in [-0.3, -0.25) is 9.69 Å². The Morgan fingerprint density at radius 1 is 1.67 bits per heavy atom. The van der Waals surface area contributed by atoms with Crippen molar-refractivity contribution in [2.75, 3.05) is 26.2 Å². The highest BCUT2D eigenvalue weighted by Crippen LogP contribution is 2.07. The molecular formula is C11H18N4O3. The largest absolute Gasteiger partial charge is 0.481 e. The molecule has 0 bridgehead atoms. The topological polar surface area (TPSA) is 80.5 Å². The van der Waals surface area contributed by atoms with Gasteiger partial charge in [0.2, 0.25) is 0 Å². The zero-order valence-electron chi connectivity index (χ0n) is 10.4. The van der Waals surface area contributed by atoms with Crippen LogP contribution in [0.15, 0.2) is 6.20 Å². The summed E-state index contributed by atoms with van der Waals surface area (Å²) < 4.78 is 7.31. The minimum atomic E-state index is -0.895. The SMILES string of the molecule is CCN1CCOC(Cn2cc(CC(=O)O)nn2)C1. The van der Waals surface area contributed by atoms with E-state index in [0.717, 1.165) is 26.2 Å². The average Bonchev–Trinajstić information content (AvgIpc) is 2.76. The van der Waals surface area contributed by atoms with Gasteiger partial charge in [-0.1, -0.05) is 12.1 Å². The van der Waals surface area contributed by atoms with Crippen molar-refractivity contribution in [1.29, 1.82) is 0 Å². The number of aliphatic carboxylic acids is 1. The number of hydrogen-bond acceptors (Lipinski definition) is 5. The van der Waals surface area contributed by atoms with Crippen molar-refractivity contribution in [1.82, 2.24) is 19.9 Å². The molecule has 1 unspecified atom stereocenters. The van der Waals surface area contributed by atoms with Gasteiger partial charge in [-0.2, -0.15) is 0 Å². The molecule has 0 aromatic carbocycles. The van der Waals surface area contributed by atoms with Crippen molar-refractivity contribution in [3.63, 3.8) is 0 Å². The molecule has 1 aliphatic heterocycles. The van der Waals surface area contributed by atoms with Crippen LogP contribution in [0.25, 0.3) is 0 Å². The second kappa shape index (κ2) is 5.92. The number of rotatable bonds is 5. The molecule has 1 aromatic rings. The molecule has 2 heterocycles. The number of likely N-dealkylation sites (N-methyl/N-ethyl adjacent to an activating group) is 1. The van der Waals surface area contributed by atoms with Crippen LogP contribution in [-0.4, -0.2) is 63.3 Å². The number of aromatic nitrogens is 3.